The molecule has 0 fully saturated rings. The molecule has 23 heteroatoms. The number of rotatable bonds is 11. The number of alkyl halides is 21. The minimum absolute atomic E-state index is 0.297. The van der Waals surface area contributed by atoms with Crippen molar-refractivity contribution in [2.45, 2.75) is 74.3 Å². The van der Waals surface area contributed by atoms with Crippen molar-refractivity contribution in [3.05, 3.63) is 0 Å². The molecule has 0 aromatic heterocycles. The van der Waals surface area contributed by atoms with E-state index >= 15 is 0 Å². The van der Waals surface area contributed by atoms with Crippen LogP contribution in [0.4, 0.5) is 92.2 Å². The molecule has 1 nitrogen and oxygen atoms in total. The molecule has 0 amide bonds. The summed E-state index contributed by atoms with van der Waals surface area (Å²) >= 11 is -8.50. The molecular weight excluding hydrogens is 702 g/mol. The topological polar surface area (TPSA) is 9.23 Å². The molecule has 224 valence electrons. The average Bonchev–Trinajstić information content (AvgIpc) is 2.56. The second kappa shape index (κ2) is 10.0. The molecular formula is C14H11F21OSn. The first-order valence-electron chi connectivity index (χ1n) is 8.79. The first-order valence-corrected chi connectivity index (χ1v) is 16.0. The summed E-state index contributed by atoms with van der Waals surface area (Å²) < 4.78 is 267. The fourth-order valence-electron chi connectivity index (χ4n) is 2.82. The molecule has 0 aromatic rings. The van der Waals surface area contributed by atoms with Crippen LogP contribution in [0.2, 0.25) is 13.3 Å². The van der Waals surface area contributed by atoms with Crippen molar-refractivity contribution in [1.29, 1.82) is 0 Å². The third-order valence-corrected chi connectivity index (χ3v) is 16.4. The number of hydrogen-bond donors (Lipinski definition) is 0. The Morgan fingerprint density at radius 2 is 0.595 bits per heavy atom. The Labute approximate surface area is 195 Å². The molecule has 0 unspecified atom stereocenters. The molecule has 0 aliphatic rings. The molecule has 0 saturated carbocycles. The van der Waals surface area contributed by atoms with Crippen LogP contribution in [0, 0.1) is 0 Å². The van der Waals surface area contributed by atoms with Gasteiger partial charge >= 0.3 is 195 Å². The van der Waals surface area contributed by atoms with Crippen LogP contribution in [0.1, 0.15) is 6.92 Å². The molecule has 0 saturated heterocycles. The molecule has 0 radical (unpaired) electrons. The standard InChI is InChI=1S/3C4H2F7.C2H5O.Sn/c3*1-2(5,6)3(7,8)4(9,10)11;1-2-3;/h3*1H2;2H2,1H3;/q;;;-1;+1. The second-order valence-electron chi connectivity index (χ2n) is 7.48. The molecule has 0 aliphatic carbocycles. The average molecular weight is 713 g/mol. The van der Waals surface area contributed by atoms with E-state index in [0.29, 0.717) is 6.92 Å². The zero-order chi connectivity index (χ0) is 30.5. The molecule has 0 aromatic carbocycles. The van der Waals surface area contributed by atoms with E-state index in [-0.39, 0.29) is 0 Å². The maximum absolute atomic E-state index is 13.9. The van der Waals surface area contributed by atoms with Crippen LogP contribution in [0.5, 0.6) is 0 Å². The minimum atomic E-state index is -8.50. The molecule has 0 spiro atoms. The summed E-state index contributed by atoms with van der Waals surface area (Å²) in [6, 6.07) is 0. The van der Waals surface area contributed by atoms with Crippen molar-refractivity contribution in [2.24, 2.45) is 0 Å². The molecule has 37 heavy (non-hydrogen) atoms. The predicted octanol–water partition coefficient (Wildman–Crippen LogP) is 8.47. The van der Waals surface area contributed by atoms with Gasteiger partial charge in [-0.25, -0.2) is 0 Å². The normalized spacial score (nSPS) is 16.4. The van der Waals surface area contributed by atoms with E-state index in [1.165, 1.54) is 0 Å². The molecule has 0 atom stereocenters. The maximum atomic E-state index is 13.9. The Morgan fingerprint density at radius 3 is 0.730 bits per heavy atom. The van der Waals surface area contributed by atoms with E-state index in [1.807, 2.05) is 0 Å². The quantitative estimate of drug-likeness (QED) is 0.154. The Bertz CT molecular complexity index is 678. The van der Waals surface area contributed by atoms with Crippen LogP contribution in [0.25, 0.3) is 0 Å². The molecule has 0 N–H and O–H groups in total. The van der Waals surface area contributed by atoms with Gasteiger partial charge in [0.1, 0.15) is 0 Å². The summed E-state index contributed by atoms with van der Waals surface area (Å²) in [5.74, 6) is -43.4. The zero-order valence-electron chi connectivity index (χ0n) is 17.2. The van der Waals surface area contributed by atoms with Crippen LogP contribution in [0.15, 0.2) is 0 Å². The van der Waals surface area contributed by atoms with Crippen molar-refractivity contribution in [3.63, 3.8) is 0 Å². The van der Waals surface area contributed by atoms with Crippen molar-refractivity contribution in [1.82, 2.24) is 0 Å². The molecule has 0 rings (SSSR count). The van der Waals surface area contributed by atoms with Gasteiger partial charge in [-0.2, -0.15) is 0 Å². The van der Waals surface area contributed by atoms with Crippen molar-refractivity contribution in [3.8, 4) is 0 Å². The Hall–Kier alpha value is -0.711. The van der Waals surface area contributed by atoms with Gasteiger partial charge in [-0.1, -0.05) is 0 Å². The summed E-state index contributed by atoms with van der Waals surface area (Å²) in [6.45, 7) is -1.43. The van der Waals surface area contributed by atoms with Crippen LogP contribution < -0.4 is 0 Å². The first kappa shape index (κ1) is 36.3. The van der Waals surface area contributed by atoms with Crippen molar-refractivity contribution >= 4 is 18.8 Å². The monoisotopic (exact) mass is 714 g/mol. The van der Waals surface area contributed by atoms with Crippen molar-refractivity contribution < 1.29 is 95.3 Å². The van der Waals surface area contributed by atoms with Gasteiger partial charge in [0.15, 0.2) is 0 Å². The van der Waals surface area contributed by atoms with E-state index in [1.54, 1.807) is 0 Å². The zero-order valence-corrected chi connectivity index (χ0v) is 20.0. The van der Waals surface area contributed by atoms with Crippen LogP contribution >= 0.6 is 0 Å². The van der Waals surface area contributed by atoms with E-state index in [0.717, 1.165) is 0 Å². The summed E-state index contributed by atoms with van der Waals surface area (Å²) in [5.41, 5.74) is 0. The molecule has 0 heterocycles. The van der Waals surface area contributed by atoms with Crippen LogP contribution in [0.3, 0.4) is 0 Å². The molecule has 0 aliphatic heterocycles. The van der Waals surface area contributed by atoms with Gasteiger partial charge < -0.3 is 0 Å². The van der Waals surface area contributed by atoms with E-state index in [4.69, 9.17) is 0 Å². The van der Waals surface area contributed by atoms with Gasteiger partial charge in [-0.05, 0) is 0 Å². The van der Waals surface area contributed by atoms with Gasteiger partial charge in [0.05, 0.1) is 0 Å². The Morgan fingerprint density at radius 1 is 0.405 bits per heavy atom. The SMILES string of the molecule is CC[O][Sn]([CH2]C(F)(F)C(F)(F)C(F)(F)F)([CH2]C(F)(F)C(F)(F)C(F)(F)F)[CH2]C(F)(F)C(F)(F)C(F)(F)F. The summed E-state index contributed by atoms with van der Waals surface area (Å²) in [7, 11) is 0. The van der Waals surface area contributed by atoms with E-state index in [9.17, 15) is 92.2 Å². The van der Waals surface area contributed by atoms with Gasteiger partial charge in [-0.3, -0.25) is 0 Å². The first-order chi connectivity index (χ1) is 15.7. The van der Waals surface area contributed by atoms with Gasteiger partial charge in [0.2, 0.25) is 0 Å². The van der Waals surface area contributed by atoms with Crippen molar-refractivity contribution in [2.75, 3.05) is 6.61 Å². The van der Waals surface area contributed by atoms with E-state index < -0.39 is 92.8 Å². The van der Waals surface area contributed by atoms with Gasteiger partial charge in [0, 0.05) is 0 Å². The summed E-state index contributed by atoms with van der Waals surface area (Å²) in [4.78, 5) is 0. The predicted molar refractivity (Wildman–Crippen MR) is 79.6 cm³/mol. The fourth-order valence-corrected chi connectivity index (χ4v) is 15.3. The third-order valence-electron chi connectivity index (χ3n) is 4.53. The summed E-state index contributed by atoms with van der Waals surface area (Å²) in [6.07, 6.45) is -22.2. The van der Waals surface area contributed by atoms with Crippen LogP contribution in [-0.2, 0) is 3.07 Å². The molecule has 0 bridgehead atoms. The van der Waals surface area contributed by atoms with Gasteiger partial charge in [0.25, 0.3) is 0 Å². The second-order valence-corrected chi connectivity index (χ2v) is 18.1. The fraction of sp³-hybridized carbons (Fsp3) is 1.00. The van der Waals surface area contributed by atoms with Crippen LogP contribution in [-0.4, -0.2) is 79.5 Å². The van der Waals surface area contributed by atoms with Gasteiger partial charge in [-0.15, -0.1) is 0 Å². The Balaban J connectivity index is 7.25. The Kier molecular flexibility index (Phi) is 9.85. The number of halogens is 21. The third kappa shape index (κ3) is 6.90. The summed E-state index contributed by atoms with van der Waals surface area (Å²) in [5, 5.41) is 0. The van der Waals surface area contributed by atoms with E-state index in [2.05, 4.69) is 3.07 Å². The number of hydrogen-bond acceptors (Lipinski definition) is 1.